The lowest BCUT2D eigenvalue weighted by atomic mass is 9.75. The van der Waals surface area contributed by atoms with Gasteiger partial charge in [-0.2, -0.15) is 0 Å². The molecule has 2 saturated carbocycles. The van der Waals surface area contributed by atoms with E-state index in [1.165, 1.54) is 35.7 Å². The number of piperidine rings is 1. The number of hydrogen-bond acceptors (Lipinski definition) is 4. The van der Waals surface area contributed by atoms with Crippen LogP contribution >= 0.6 is 23.5 Å². The van der Waals surface area contributed by atoms with Crippen LogP contribution in [0.3, 0.4) is 0 Å². The minimum absolute atomic E-state index is 0.00696. The first kappa shape index (κ1) is 18.1. The highest BCUT2D eigenvalue weighted by atomic mass is 32.2. The van der Waals surface area contributed by atoms with Gasteiger partial charge in [0.05, 0.1) is 4.24 Å². The number of fused-ring (bicyclic) bond motifs is 5. The van der Waals surface area contributed by atoms with Gasteiger partial charge in [0.2, 0.25) is 0 Å². The first-order chi connectivity index (χ1) is 12.5. The number of carbonyl (C=O) groups is 2. The number of carbonyl (C=O) groups excluding carboxylic acids is 2. The maximum atomic E-state index is 13.3. The Morgan fingerprint density at radius 3 is 2.42 bits per heavy atom. The van der Waals surface area contributed by atoms with E-state index in [0.717, 1.165) is 29.1 Å². The molecular formula is C20H22FNO2S2. The van der Waals surface area contributed by atoms with Crippen LogP contribution in [0, 0.1) is 23.6 Å². The quantitative estimate of drug-likeness (QED) is 0.572. The number of likely N-dealkylation sites (tertiary alicyclic amines) is 1. The van der Waals surface area contributed by atoms with E-state index in [4.69, 9.17) is 0 Å². The minimum atomic E-state index is -0.278. The molecule has 4 atom stereocenters. The third kappa shape index (κ3) is 2.82. The van der Waals surface area contributed by atoms with Gasteiger partial charge in [-0.25, -0.2) is 4.39 Å². The Morgan fingerprint density at radius 2 is 1.77 bits per heavy atom. The lowest BCUT2D eigenvalue weighted by molar-refractivity contribution is -0.142. The number of Topliss-reactive ketones (excluding diaryl/α,β-unsaturated/α-hetero) is 1. The molecule has 138 valence electrons. The van der Waals surface area contributed by atoms with Gasteiger partial charge in [-0.1, -0.05) is 12.1 Å². The number of rotatable bonds is 4. The highest BCUT2D eigenvalue weighted by molar-refractivity contribution is 8.21. The molecule has 1 heterocycles. The number of nitrogens with zero attached hydrogens (tertiary/aromatic N) is 1. The fraction of sp³-hybridized carbons (Fsp3) is 0.500. The highest BCUT2D eigenvalue weighted by Crippen LogP contribution is 2.54. The summed E-state index contributed by atoms with van der Waals surface area (Å²) in [5.74, 6) is 0.400. The Balaban J connectivity index is 1.75. The van der Waals surface area contributed by atoms with Crippen molar-refractivity contribution in [1.29, 1.82) is 0 Å². The van der Waals surface area contributed by atoms with E-state index in [1.807, 2.05) is 17.4 Å². The minimum Gasteiger partial charge on any atom is -0.330 e. The van der Waals surface area contributed by atoms with Crippen LogP contribution in [0.1, 0.15) is 24.8 Å². The number of thioether (sulfide) groups is 2. The summed E-state index contributed by atoms with van der Waals surface area (Å²) >= 11 is 2.95. The van der Waals surface area contributed by atoms with E-state index >= 15 is 0 Å². The molecule has 1 unspecified atom stereocenters. The van der Waals surface area contributed by atoms with Gasteiger partial charge in [-0.3, -0.25) is 9.59 Å². The van der Waals surface area contributed by atoms with Crippen molar-refractivity contribution in [1.82, 2.24) is 4.90 Å². The zero-order valence-electron chi connectivity index (χ0n) is 14.9. The second kappa shape index (κ2) is 7.04. The van der Waals surface area contributed by atoms with Gasteiger partial charge in [-0.15, -0.1) is 23.5 Å². The predicted octanol–water partition coefficient (Wildman–Crippen LogP) is 4.09. The predicted molar refractivity (Wildman–Crippen MR) is 104 cm³/mol. The monoisotopic (exact) mass is 391 g/mol. The van der Waals surface area contributed by atoms with Crippen LogP contribution in [0.5, 0.6) is 0 Å². The summed E-state index contributed by atoms with van der Waals surface area (Å²) < 4.78 is 14.1. The number of benzene rings is 1. The topological polar surface area (TPSA) is 37.4 Å². The Morgan fingerprint density at radius 1 is 1.12 bits per heavy atom. The Kier molecular flexibility index (Phi) is 4.90. The Hall–Kier alpha value is -1.27. The second-order valence-electron chi connectivity index (χ2n) is 7.34. The SMILES string of the molecule is CSC(SC)=C1C(=O)[C@@H]2C3CC[C@H](C3)[C@@H]2N(Cc2ccc(F)cc2)C1=O. The van der Waals surface area contributed by atoms with Crippen LogP contribution in [0.4, 0.5) is 4.39 Å². The number of amides is 1. The molecule has 0 radical (unpaired) electrons. The largest absolute Gasteiger partial charge is 0.330 e. The average Bonchev–Trinajstić information content (AvgIpc) is 3.25. The molecule has 1 aromatic rings. The molecule has 2 bridgehead atoms. The Bertz CT molecular complexity index is 771. The molecule has 6 heteroatoms. The van der Waals surface area contributed by atoms with E-state index in [1.54, 1.807) is 12.1 Å². The van der Waals surface area contributed by atoms with Crippen molar-refractivity contribution in [2.45, 2.75) is 31.8 Å². The molecular weight excluding hydrogens is 369 g/mol. The Labute approximate surface area is 161 Å². The van der Waals surface area contributed by atoms with Gasteiger partial charge >= 0.3 is 0 Å². The molecule has 1 aromatic carbocycles. The molecule has 2 aliphatic carbocycles. The average molecular weight is 392 g/mol. The zero-order chi connectivity index (χ0) is 18.4. The van der Waals surface area contributed by atoms with E-state index < -0.39 is 0 Å². The van der Waals surface area contributed by atoms with Crippen molar-refractivity contribution >= 4 is 35.2 Å². The van der Waals surface area contributed by atoms with Gasteiger partial charge in [0.25, 0.3) is 5.91 Å². The number of hydrogen-bond donors (Lipinski definition) is 0. The van der Waals surface area contributed by atoms with Crippen molar-refractivity contribution in [3.05, 3.63) is 45.5 Å². The smallest absolute Gasteiger partial charge is 0.259 e. The van der Waals surface area contributed by atoms with Crippen LogP contribution < -0.4 is 0 Å². The van der Waals surface area contributed by atoms with Gasteiger partial charge in [-0.05, 0) is 61.3 Å². The molecule has 1 amide bonds. The third-order valence-electron chi connectivity index (χ3n) is 6.10. The first-order valence-electron chi connectivity index (χ1n) is 8.97. The van der Waals surface area contributed by atoms with Crippen molar-refractivity contribution in [2.75, 3.05) is 12.5 Å². The summed E-state index contributed by atoms with van der Waals surface area (Å²) in [5, 5.41) is 0. The summed E-state index contributed by atoms with van der Waals surface area (Å²) in [5.41, 5.74) is 1.28. The summed E-state index contributed by atoms with van der Waals surface area (Å²) in [6.07, 6.45) is 7.07. The van der Waals surface area contributed by atoms with Crippen molar-refractivity contribution < 1.29 is 14.0 Å². The van der Waals surface area contributed by atoms with Crippen LogP contribution in [0.2, 0.25) is 0 Å². The van der Waals surface area contributed by atoms with Crippen LogP contribution in [-0.4, -0.2) is 35.1 Å². The first-order valence-corrected chi connectivity index (χ1v) is 11.4. The molecule has 26 heavy (non-hydrogen) atoms. The van der Waals surface area contributed by atoms with E-state index in [9.17, 15) is 14.0 Å². The number of ketones is 1. The van der Waals surface area contributed by atoms with Crippen LogP contribution in [-0.2, 0) is 16.1 Å². The fourth-order valence-electron chi connectivity index (χ4n) is 5.07. The lowest BCUT2D eigenvalue weighted by Gasteiger charge is -2.43. The molecule has 0 aromatic heterocycles. The summed E-state index contributed by atoms with van der Waals surface area (Å²) in [7, 11) is 0. The molecule has 0 N–H and O–H groups in total. The maximum Gasteiger partial charge on any atom is 0.259 e. The molecule has 3 fully saturated rings. The van der Waals surface area contributed by atoms with E-state index in [-0.39, 0.29) is 29.5 Å². The van der Waals surface area contributed by atoms with Gasteiger partial charge < -0.3 is 4.90 Å². The molecule has 4 rings (SSSR count). The summed E-state index contributed by atoms with van der Waals surface area (Å²) in [4.78, 5) is 28.5. The third-order valence-corrected chi connectivity index (χ3v) is 8.25. The van der Waals surface area contributed by atoms with Crippen LogP contribution in [0.15, 0.2) is 34.1 Å². The highest BCUT2D eigenvalue weighted by Gasteiger charge is 2.58. The van der Waals surface area contributed by atoms with E-state index in [0.29, 0.717) is 24.0 Å². The molecule has 3 aliphatic rings. The van der Waals surface area contributed by atoms with Crippen molar-refractivity contribution in [2.24, 2.45) is 17.8 Å². The van der Waals surface area contributed by atoms with E-state index in [2.05, 4.69) is 0 Å². The van der Waals surface area contributed by atoms with Crippen LogP contribution in [0.25, 0.3) is 0 Å². The molecule has 1 saturated heterocycles. The van der Waals surface area contributed by atoms with Crippen molar-refractivity contribution in [3.8, 4) is 0 Å². The normalized spacial score (nSPS) is 30.1. The zero-order valence-corrected chi connectivity index (χ0v) is 16.5. The fourth-order valence-corrected chi connectivity index (χ4v) is 6.52. The summed E-state index contributed by atoms with van der Waals surface area (Å²) in [6.45, 7) is 0.441. The van der Waals surface area contributed by atoms with Gasteiger partial charge in [0.1, 0.15) is 11.4 Å². The second-order valence-corrected chi connectivity index (χ2v) is 9.24. The molecule has 0 spiro atoms. The lowest BCUT2D eigenvalue weighted by Crippen LogP contribution is -2.56. The van der Waals surface area contributed by atoms with Crippen molar-refractivity contribution in [3.63, 3.8) is 0 Å². The van der Waals surface area contributed by atoms with Gasteiger partial charge in [0, 0.05) is 18.5 Å². The summed E-state index contributed by atoms with van der Waals surface area (Å²) in [6, 6.07) is 6.33. The molecule has 3 nitrogen and oxygen atoms in total. The number of halogens is 1. The van der Waals surface area contributed by atoms with Gasteiger partial charge in [0.15, 0.2) is 5.78 Å². The molecule has 1 aliphatic heterocycles. The maximum absolute atomic E-state index is 13.3. The standard InChI is InChI=1S/C20H22FNO2S2/c1-25-20(26-2)16-18(23)15-12-5-6-13(9-12)17(15)22(19(16)24)10-11-3-7-14(21)8-4-11/h3-4,7-8,12-13,15,17H,5-6,9-10H2,1-2H3/t12?,13-,15-,17+/m1/s1.